The van der Waals surface area contributed by atoms with Crippen LogP contribution in [0.15, 0.2) is 79.1 Å². The number of amides is 1. The number of halogens is 2. The normalized spacial score (nSPS) is 13.6. The van der Waals surface area contributed by atoms with Gasteiger partial charge in [-0.05, 0) is 46.3 Å². The van der Waals surface area contributed by atoms with Gasteiger partial charge in [0, 0.05) is 48.5 Å². The zero-order valence-corrected chi connectivity index (χ0v) is 18.0. The first-order chi connectivity index (χ1) is 16.1. The second kappa shape index (κ2) is 9.08. The third-order valence-corrected chi connectivity index (χ3v) is 6.11. The lowest BCUT2D eigenvalue weighted by atomic mass is 9.93. The summed E-state index contributed by atoms with van der Waals surface area (Å²) >= 11 is 0. The van der Waals surface area contributed by atoms with Gasteiger partial charge in [-0.3, -0.25) is 9.78 Å². The van der Waals surface area contributed by atoms with Crippen LogP contribution >= 0.6 is 0 Å². The average molecular weight is 443 g/mol. The summed E-state index contributed by atoms with van der Waals surface area (Å²) in [7, 11) is 0. The summed E-state index contributed by atoms with van der Waals surface area (Å²) < 4.78 is 27.7. The van der Waals surface area contributed by atoms with Crippen LogP contribution in [0.4, 0.5) is 14.5 Å². The number of hydrogen-bond donors (Lipinski definition) is 1. The number of fused-ring (bicyclic) bond motifs is 1. The van der Waals surface area contributed by atoms with Gasteiger partial charge >= 0.3 is 0 Å². The molecule has 0 unspecified atom stereocenters. The molecule has 1 amide bonds. The number of pyridine rings is 1. The number of nitrogens with zero attached hydrogens (tertiary/aromatic N) is 2. The van der Waals surface area contributed by atoms with E-state index >= 15 is 0 Å². The first-order valence-corrected chi connectivity index (χ1v) is 10.9. The smallest absolute Gasteiger partial charge is 0.231 e. The topological polar surface area (TPSA) is 45.2 Å². The predicted octanol–water partition coefficient (Wildman–Crippen LogP) is 4.98. The summed E-state index contributed by atoms with van der Waals surface area (Å²) in [6.07, 6.45) is 3.60. The quantitative estimate of drug-likeness (QED) is 0.457. The number of nitrogens with one attached hydrogen (secondary N) is 1. The molecule has 166 valence electrons. The molecule has 0 bridgehead atoms. The number of carbonyl (C=O) groups excluding carboxylic acids is 1. The zero-order chi connectivity index (χ0) is 22.8. The van der Waals surface area contributed by atoms with Gasteiger partial charge in [-0.25, -0.2) is 8.78 Å². The molecule has 5 rings (SSSR count). The molecule has 1 aliphatic heterocycles. The Bertz CT molecular complexity index is 1280. The number of rotatable bonds is 6. The highest BCUT2D eigenvalue weighted by Gasteiger charge is 2.21. The van der Waals surface area contributed by atoms with Crippen LogP contribution in [0, 0.1) is 11.6 Å². The molecular formula is C27H23F2N3O. The van der Waals surface area contributed by atoms with Crippen molar-refractivity contribution in [1.82, 2.24) is 10.3 Å². The van der Waals surface area contributed by atoms with Crippen LogP contribution < -0.4 is 10.2 Å². The fourth-order valence-electron chi connectivity index (χ4n) is 4.24. The number of aromatic nitrogens is 1. The lowest BCUT2D eigenvalue weighted by Crippen LogP contribution is -2.39. The molecule has 3 aromatic carbocycles. The van der Waals surface area contributed by atoms with E-state index in [1.807, 2.05) is 48.5 Å². The van der Waals surface area contributed by atoms with Crippen molar-refractivity contribution < 1.29 is 13.6 Å². The van der Waals surface area contributed by atoms with Crippen molar-refractivity contribution in [3.05, 3.63) is 107 Å². The Hall–Kier alpha value is -3.64. The van der Waals surface area contributed by atoms with Crippen LogP contribution in [0.1, 0.15) is 22.6 Å². The van der Waals surface area contributed by atoms with E-state index in [-0.39, 0.29) is 18.9 Å². The van der Waals surface area contributed by atoms with Crippen molar-refractivity contribution in [1.29, 1.82) is 0 Å². The SMILES string of the molecule is O=C(Cc1cncc2ccccc12)N(Cc1cc(F)cc(F)c1)c1ccc(C2CNC2)cc1. The third-order valence-electron chi connectivity index (χ3n) is 6.11. The summed E-state index contributed by atoms with van der Waals surface area (Å²) in [5, 5.41) is 5.18. The molecule has 0 aliphatic carbocycles. The molecule has 0 saturated carbocycles. The standard InChI is InChI=1S/C27H23F2N3O/c28-23-9-18(10-24(29)12-23)17-32(25-7-5-19(6-8-25)22-15-31-16-22)27(33)11-21-14-30-13-20-3-1-2-4-26(20)21/h1-10,12-14,22,31H,11,15-17H2. The van der Waals surface area contributed by atoms with Gasteiger partial charge in [-0.15, -0.1) is 0 Å². The van der Waals surface area contributed by atoms with Gasteiger partial charge in [0.1, 0.15) is 11.6 Å². The molecule has 0 spiro atoms. The Labute approximate surface area is 190 Å². The maximum atomic E-state index is 13.8. The Morgan fingerprint density at radius 3 is 2.39 bits per heavy atom. The van der Waals surface area contributed by atoms with Crippen molar-refractivity contribution in [2.45, 2.75) is 18.9 Å². The summed E-state index contributed by atoms with van der Waals surface area (Å²) in [5.41, 5.74) is 3.10. The maximum absolute atomic E-state index is 13.8. The van der Waals surface area contributed by atoms with E-state index in [1.165, 1.54) is 17.7 Å². The predicted molar refractivity (Wildman–Crippen MR) is 125 cm³/mol. The van der Waals surface area contributed by atoms with E-state index in [0.717, 1.165) is 35.5 Å². The van der Waals surface area contributed by atoms with Crippen molar-refractivity contribution in [2.24, 2.45) is 0 Å². The first kappa shape index (κ1) is 21.2. The average Bonchev–Trinajstić information content (AvgIpc) is 2.76. The molecule has 33 heavy (non-hydrogen) atoms. The summed E-state index contributed by atoms with van der Waals surface area (Å²) in [6, 6.07) is 19.0. The zero-order valence-electron chi connectivity index (χ0n) is 18.0. The number of carbonyl (C=O) groups is 1. The molecule has 6 heteroatoms. The van der Waals surface area contributed by atoms with Gasteiger partial charge in [0.15, 0.2) is 0 Å². The Morgan fingerprint density at radius 2 is 1.70 bits per heavy atom. The fraction of sp³-hybridized carbons (Fsp3) is 0.185. The maximum Gasteiger partial charge on any atom is 0.231 e. The number of benzene rings is 3. The summed E-state index contributed by atoms with van der Waals surface area (Å²) in [6.45, 7) is 1.95. The minimum atomic E-state index is -0.663. The lowest BCUT2D eigenvalue weighted by Gasteiger charge is -2.28. The number of hydrogen-bond acceptors (Lipinski definition) is 3. The molecule has 0 radical (unpaired) electrons. The lowest BCUT2D eigenvalue weighted by molar-refractivity contribution is -0.118. The van der Waals surface area contributed by atoms with Crippen molar-refractivity contribution in [2.75, 3.05) is 18.0 Å². The van der Waals surface area contributed by atoms with Crippen LogP contribution in [-0.2, 0) is 17.8 Å². The molecule has 1 saturated heterocycles. The van der Waals surface area contributed by atoms with Crippen LogP contribution in [0.3, 0.4) is 0 Å². The van der Waals surface area contributed by atoms with E-state index in [9.17, 15) is 13.6 Å². The Kier molecular flexibility index (Phi) is 5.84. The third kappa shape index (κ3) is 4.61. The van der Waals surface area contributed by atoms with E-state index in [4.69, 9.17) is 0 Å². The molecule has 2 heterocycles. The van der Waals surface area contributed by atoms with Crippen LogP contribution in [0.5, 0.6) is 0 Å². The molecule has 1 aliphatic rings. The van der Waals surface area contributed by atoms with Gasteiger partial charge in [-0.2, -0.15) is 0 Å². The Morgan fingerprint density at radius 1 is 0.970 bits per heavy atom. The van der Waals surface area contributed by atoms with E-state index in [2.05, 4.69) is 10.3 Å². The van der Waals surface area contributed by atoms with Crippen LogP contribution in [0.25, 0.3) is 10.8 Å². The molecule has 0 atom stereocenters. The molecule has 1 N–H and O–H groups in total. The highest BCUT2D eigenvalue weighted by Crippen LogP contribution is 2.26. The molecular weight excluding hydrogens is 420 g/mol. The highest BCUT2D eigenvalue weighted by atomic mass is 19.1. The second-order valence-corrected chi connectivity index (χ2v) is 8.40. The Balaban J connectivity index is 1.47. The second-order valence-electron chi connectivity index (χ2n) is 8.40. The van der Waals surface area contributed by atoms with E-state index in [0.29, 0.717) is 17.2 Å². The largest absolute Gasteiger partial charge is 0.315 e. The minimum absolute atomic E-state index is 0.0655. The van der Waals surface area contributed by atoms with Crippen LogP contribution in [0.2, 0.25) is 0 Å². The van der Waals surface area contributed by atoms with Crippen molar-refractivity contribution in [3.8, 4) is 0 Å². The molecule has 4 aromatic rings. The first-order valence-electron chi connectivity index (χ1n) is 10.9. The van der Waals surface area contributed by atoms with Crippen molar-refractivity contribution in [3.63, 3.8) is 0 Å². The minimum Gasteiger partial charge on any atom is -0.315 e. The molecule has 1 aromatic heterocycles. The molecule has 4 nitrogen and oxygen atoms in total. The van der Waals surface area contributed by atoms with E-state index in [1.54, 1.807) is 17.3 Å². The fourth-order valence-corrected chi connectivity index (χ4v) is 4.24. The van der Waals surface area contributed by atoms with Crippen LogP contribution in [-0.4, -0.2) is 24.0 Å². The number of anilines is 1. The van der Waals surface area contributed by atoms with Gasteiger partial charge in [0.05, 0.1) is 13.0 Å². The van der Waals surface area contributed by atoms with E-state index < -0.39 is 11.6 Å². The van der Waals surface area contributed by atoms with Gasteiger partial charge in [0.25, 0.3) is 0 Å². The van der Waals surface area contributed by atoms with Gasteiger partial charge in [0.2, 0.25) is 5.91 Å². The summed E-state index contributed by atoms with van der Waals surface area (Å²) in [5.74, 6) is -1.02. The van der Waals surface area contributed by atoms with Gasteiger partial charge in [-0.1, -0.05) is 36.4 Å². The highest BCUT2D eigenvalue weighted by molar-refractivity contribution is 5.97. The summed E-state index contributed by atoms with van der Waals surface area (Å²) in [4.78, 5) is 19.4. The monoisotopic (exact) mass is 443 g/mol. The molecule has 1 fully saturated rings. The van der Waals surface area contributed by atoms with Crippen molar-refractivity contribution >= 4 is 22.4 Å². The van der Waals surface area contributed by atoms with Gasteiger partial charge < -0.3 is 10.2 Å².